The molecule has 2 aliphatic rings. The number of piperidine rings is 1. The molecule has 1 saturated heterocycles. The number of hydrogen-bond donors (Lipinski definition) is 1. The molecule has 4 heteroatoms. The summed E-state index contributed by atoms with van der Waals surface area (Å²) in [6, 6.07) is 20.5. The highest BCUT2D eigenvalue weighted by Gasteiger charge is 2.38. The van der Waals surface area contributed by atoms with Crippen LogP contribution in [0.5, 0.6) is 5.75 Å². The highest BCUT2D eigenvalue weighted by Crippen LogP contribution is 2.48. The maximum atomic E-state index is 6.52. The Morgan fingerprint density at radius 1 is 0.889 bits per heavy atom. The quantitative estimate of drug-likeness (QED) is 0.560. The summed E-state index contributed by atoms with van der Waals surface area (Å²) >= 11 is 12.6. The largest absolute Gasteiger partial charge is 0.489 e. The number of ether oxygens (including phenoxy) is 1. The molecule has 0 radical (unpaired) electrons. The molecule has 0 aliphatic carbocycles. The van der Waals surface area contributed by atoms with Crippen LogP contribution < -0.4 is 10.1 Å². The highest BCUT2D eigenvalue weighted by molar-refractivity contribution is 6.36. The first-order chi connectivity index (χ1) is 13.2. The van der Waals surface area contributed by atoms with E-state index in [1.54, 1.807) is 6.07 Å². The lowest BCUT2D eigenvalue weighted by molar-refractivity contribution is 0.173. The molecular formula is C23H19Cl2NO. The number of halogens is 2. The van der Waals surface area contributed by atoms with Gasteiger partial charge in [0.1, 0.15) is 11.9 Å². The van der Waals surface area contributed by atoms with E-state index in [0.29, 0.717) is 16.0 Å². The fourth-order valence-corrected chi connectivity index (χ4v) is 4.72. The third-order valence-electron chi connectivity index (χ3n) is 5.53. The van der Waals surface area contributed by atoms with Gasteiger partial charge in [-0.2, -0.15) is 0 Å². The molecule has 3 aromatic rings. The van der Waals surface area contributed by atoms with Crippen molar-refractivity contribution in [1.82, 2.24) is 5.32 Å². The lowest BCUT2D eigenvalue weighted by atomic mass is 9.87. The first-order valence-corrected chi connectivity index (χ1v) is 10.0. The maximum Gasteiger partial charge on any atom is 0.131 e. The topological polar surface area (TPSA) is 21.3 Å². The summed E-state index contributed by atoms with van der Waals surface area (Å²) < 4.78 is 6.44. The van der Waals surface area contributed by atoms with E-state index in [0.717, 1.165) is 47.5 Å². The Morgan fingerprint density at radius 3 is 2.56 bits per heavy atom. The van der Waals surface area contributed by atoms with Gasteiger partial charge in [-0.15, -0.1) is 0 Å². The van der Waals surface area contributed by atoms with Gasteiger partial charge < -0.3 is 10.1 Å². The smallest absolute Gasteiger partial charge is 0.131 e. The molecule has 2 aliphatic heterocycles. The van der Waals surface area contributed by atoms with Gasteiger partial charge in [0.2, 0.25) is 0 Å². The third kappa shape index (κ3) is 3.02. The molecule has 0 saturated carbocycles. The molecule has 136 valence electrons. The second-order valence-electron chi connectivity index (χ2n) is 7.19. The zero-order chi connectivity index (χ0) is 18.4. The van der Waals surface area contributed by atoms with E-state index in [1.165, 1.54) is 5.56 Å². The van der Waals surface area contributed by atoms with Crippen molar-refractivity contribution in [3.8, 4) is 28.0 Å². The molecule has 0 aromatic heterocycles. The van der Waals surface area contributed by atoms with Gasteiger partial charge in [-0.3, -0.25) is 0 Å². The maximum absolute atomic E-state index is 6.52. The predicted molar refractivity (Wildman–Crippen MR) is 112 cm³/mol. The number of benzene rings is 3. The number of rotatable bonds is 2. The molecule has 0 bridgehead atoms. The van der Waals surface area contributed by atoms with E-state index in [1.807, 2.05) is 18.2 Å². The van der Waals surface area contributed by atoms with Gasteiger partial charge in [0.05, 0.1) is 0 Å². The van der Waals surface area contributed by atoms with Crippen LogP contribution in [0.25, 0.3) is 22.3 Å². The molecule has 1 N–H and O–H groups in total. The average molecular weight is 396 g/mol. The molecule has 2 atom stereocenters. The van der Waals surface area contributed by atoms with Crippen molar-refractivity contribution in [2.75, 3.05) is 13.1 Å². The number of nitrogens with one attached hydrogen (secondary N) is 1. The highest BCUT2D eigenvalue weighted by atomic mass is 35.5. The van der Waals surface area contributed by atoms with Crippen LogP contribution in [-0.4, -0.2) is 19.2 Å². The lowest BCUT2D eigenvalue weighted by Crippen LogP contribution is -2.37. The Kier molecular flexibility index (Phi) is 4.35. The van der Waals surface area contributed by atoms with Crippen LogP contribution in [0.2, 0.25) is 10.0 Å². The summed E-state index contributed by atoms with van der Waals surface area (Å²) in [5.41, 5.74) is 5.66. The molecule has 1 fully saturated rings. The van der Waals surface area contributed by atoms with E-state index in [2.05, 4.69) is 41.7 Å². The van der Waals surface area contributed by atoms with E-state index < -0.39 is 0 Å². The van der Waals surface area contributed by atoms with Crippen molar-refractivity contribution in [3.05, 3.63) is 76.3 Å². The van der Waals surface area contributed by atoms with E-state index in [4.69, 9.17) is 27.9 Å². The number of hydrogen-bond acceptors (Lipinski definition) is 2. The fraction of sp³-hybridized carbons (Fsp3) is 0.217. The average Bonchev–Trinajstić information content (AvgIpc) is 3.07. The van der Waals surface area contributed by atoms with Crippen molar-refractivity contribution in [1.29, 1.82) is 0 Å². The molecule has 2 nitrogen and oxygen atoms in total. The van der Waals surface area contributed by atoms with Crippen LogP contribution in [0.15, 0.2) is 60.7 Å². The fourth-order valence-electron chi connectivity index (χ4n) is 4.21. The Labute approximate surface area is 169 Å². The molecule has 5 rings (SSSR count). The second kappa shape index (κ2) is 6.87. The molecule has 0 amide bonds. The second-order valence-corrected chi connectivity index (χ2v) is 8.03. The van der Waals surface area contributed by atoms with Crippen molar-refractivity contribution >= 4 is 23.2 Å². The van der Waals surface area contributed by atoms with Gasteiger partial charge in [-0.05, 0) is 48.4 Å². The van der Waals surface area contributed by atoms with Crippen LogP contribution >= 0.6 is 23.2 Å². The predicted octanol–water partition coefficient (Wildman–Crippen LogP) is 6.17. The van der Waals surface area contributed by atoms with Gasteiger partial charge in [-0.1, -0.05) is 59.6 Å². The van der Waals surface area contributed by atoms with Crippen LogP contribution in [-0.2, 0) is 0 Å². The lowest BCUT2D eigenvalue weighted by Gasteiger charge is -2.24. The molecule has 0 spiro atoms. The van der Waals surface area contributed by atoms with Crippen LogP contribution in [0.4, 0.5) is 0 Å². The van der Waals surface area contributed by atoms with Crippen LogP contribution in [0.1, 0.15) is 17.9 Å². The van der Waals surface area contributed by atoms with Crippen molar-refractivity contribution in [2.24, 2.45) is 0 Å². The summed E-state index contributed by atoms with van der Waals surface area (Å²) in [5, 5.41) is 4.82. The Hall–Kier alpha value is -2.00. The van der Waals surface area contributed by atoms with Gasteiger partial charge >= 0.3 is 0 Å². The van der Waals surface area contributed by atoms with Gasteiger partial charge in [0.25, 0.3) is 0 Å². The van der Waals surface area contributed by atoms with Crippen LogP contribution in [0, 0.1) is 0 Å². The zero-order valence-electron chi connectivity index (χ0n) is 14.7. The van der Waals surface area contributed by atoms with Crippen LogP contribution in [0.3, 0.4) is 0 Å². The van der Waals surface area contributed by atoms with Crippen molar-refractivity contribution in [3.63, 3.8) is 0 Å². The van der Waals surface area contributed by atoms with E-state index in [-0.39, 0.29) is 6.10 Å². The minimum atomic E-state index is 0.250. The first-order valence-electron chi connectivity index (χ1n) is 9.27. The van der Waals surface area contributed by atoms with Crippen molar-refractivity contribution < 1.29 is 4.74 Å². The molecule has 0 unspecified atom stereocenters. The van der Waals surface area contributed by atoms with Gasteiger partial charge in [0.15, 0.2) is 0 Å². The molecule has 2 heterocycles. The minimum absolute atomic E-state index is 0.250. The van der Waals surface area contributed by atoms with E-state index >= 15 is 0 Å². The monoisotopic (exact) mass is 395 g/mol. The minimum Gasteiger partial charge on any atom is -0.489 e. The molecule has 27 heavy (non-hydrogen) atoms. The third-order valence-corrected chi connectivity index (χ3v) is 6.08. The van der Waals surface area contributed by atoms with E-state index in [9.17, 15) is 0 Å². The normalized spacial score (nSPS) is 20.7. The summed E-state index contributed by atoms with van der Waals surface area (Å²) in [5.74, 6) is 1.40. The summed E-state index contributed by atoms with van der Waals surface area (Å²) in [6.45, 7) is 1.95. The first kappa shape index (κ1) is 17.1. The Morgan fingerprint density at radius 2 is 1.74 bits per heavy atom. The summed E-state index contributed by atoms with van der Waals surface area (Å²) in [6.07, 6.45) is 1.28. The molecule has 3 aromatic carbocycles. The Balaban J connectivity index is 1.72. The summed E-state index contributed by atoms with van der Waals surface area (Å²) in [7, 11) is 0. The van der Waals surface area contributed by atoms with Gasteiger partial charge in [0, 0.05) is 39.2 Å². The van der Waals surface area contributed by atoms with Crippen molar-refractivity contribution in [2.45, 2.75) is 18.4 Å². The molecular weight excluding hydrogens is 377 g/mol. The SMILES string of the molecule is Clc1ccc(-c2cc(-c3ccccc3)c3c(c2)[C@@H]2CNCC[C@@H]2O3)c(Cl)c1. The number of fused-ring (bicyclic) bond motifs is 3. The Bertz CT molecular complexity index is 1000. The summed E-state index contributed by atoms with van der Waals surface area (Å²) in [4.78, 5) is 0. The van der Waals surface area contributed by atoms with Gasteiger partial charge in [-0.25, -0.2) is 0 Å². The zero-order valence-corrected chi connectivity index (χ0v) is 16.2. The standard InChI is InChI=1S/C23H19Cl2NO/c24-16-6-7-17(21(25)12-16)15-10-18(14-4-2-1-3-5-14)23-19(11-15)20-13-26-9-8-22(20)27-23/h1-7,10-12,20,22,26H,8-9,13H2/t20-,22-/m0/s1.